The highest BCUT2D eigenvalue weighted by molar-refractivity contribution is 5.99. The molecule has 190 valence electrons. The maximum atomic E-state index is 13.2. The smallest absolute Gasteiger partial charge is 0.270 e. The van der Waals surface area contributed by atoms with Crippen molar-refractivity contribution >= 4 is 22.4 Å². The molecule has 7 heteroatoms. The largest absolute Gasteiger partial charge is 0.495 e. The zero-order valence-electron chi connectivity index (χ0n) is 21.5. The number of carbonyl (C=O) groups is 1. The normalized spacial score (nSPS) is 20.8. The molecule has 0 aliphatic carbocycles. The summed E-state index contributed by atoms with van der Waals surface area (Å²) in [5, 5.41) is 17.6. The van der Waals surface area contributed by atoms with Crippen LogP contribution in [0.5, 0.6) is 5.75 Å². The molecule has 3 unspecified atom stereocenters. The second-order valence-electron chi connectivity index (χ2n) is 9.94. The minimum Gasteiger partial charge on any atom is -0.495 e. The lowest BCUT2D eigenvalue weighted by molar-refractivity contribution is -0.0115. The summed E-state index contributed by atoms with van der Waals surface area (Å²) < 4.78 is 5.57. The number of methoxy groups -OCH3 is 1. The number of pyridine rings is 1. The number of hydrogen-bond acceptors (Lipinski definition) is 6. The van der Waals surface area contributed by atoms with E-state index in [9.17, 15) is 4.79 Å². The Hall–Kier alpha value is -3.89. The van der Waals surface area contributed by atoms with Crippen molar-refractivity contribution in [2.75, 3.05) is 25.5 Å². The summed E-state index contributed by atoms with van der Waals surface area (Å²) in [7, 11) is 1.62. The van der Waals surface area contributed by atoms with Gasteiger partial charge in [-0.15, -0.1) is 0 Å². The van der Waals surface area contributed by atoms with Crippen molar-refractivity contribution in [2.45, 2.75) is 50.7 Å². The van der Waals surface area contributed by atoms with E-state index in [0.717, 1.165) is 47.0 Å². The average molecular weight is 496 g/mol. The van der Waals surface area contributed by atoms with Crippen LogP contribution in [0.3, 0.4) is 0 Å². The molecule has 2 N–H and O–H groups in total. The van der Waals surface area contributed by atoms with Crippen molar-refractivity contribution in [2.24, 2.45) is 0 Å². The number of nitrogens with one attached hydrogen (secondary N) is 2. The van der Waals surface area contributed by atoms with Crippen LogP contribution in [-0.2, 0) is 0 Å². The van der Waals surface area contributed by atoms with E-state index in [0.29, 0.717) is 35.6 Å². The topological polar surface area (TPSA) is 90.3 Å². The van der Waals surface area contributed by atoms with Crippen molar-refractivity contribution in [3.8, 4) is 23.1 Å². The molecule has 0 saturated carbocycles. The van der Waals surface area contributed by atoms with Crippen molar-refractivity contribution < 1.29 is 9.53 Å². The number of piperidine rings is 1. The van der Waals surface area contributed by atoms with Gasteiger partial charge in [0.15, 0.2) is 0 Å². The van der Waals surface area contributed by atoms with Gasteiger partial charge in [0.1, 0.15) is 11.4 Å². The quantitative estimate of drug-likeness (QED) is 0.420. The molecule has 2 aromatic carbocycles. The number of nitrogens with zero attached hydrogens (tertiary/aromatic N) is 3. The van der Waals surface area contributed by atoms with Gasteiger partial charge < -0.3 is 15.4 Å². The monoisotopic (exact) mass is 495 g/mol. The highest BCUT2D eigenvalue weighted by Gasteiger charge is 2.40. The maximum Gasteiger partial charge on any atom is 0.270 e. The molecule has 0 spiro atoms. The summed E-state index contributed by atoms with van der Waals surface area (Å²) in [5.41, 5.74) is 3.27. The Morgan fingerprint density at radius 1 is 1.24 bits per heavy atom. The summed E-state index contributed by atoms with van der Waals surface area (Å²) in [6.07, 6.45) is 4.36. The van der Waals surface area contributed by atoms with Crippen LogP contribution >= 0.6 is 0 Å². The minimum absolute atomic E-state index is 0.116. The van der Waals surface area contributed by atoms with Gasteiger partial charge in [0, 0.05) is 47.7 Å². The van der Waals surface area contributed by atoms with Gasteiger partial charge in [0.05, 0.1) is 24.6 Å². The maximum absolute atomic E-state index is 13.2. The van der Waals surface area contributed by atoms with Gasteiger partial charge in [0.25, 0.3) is 5.91 Å². The molecule has 2 aliphatic rings. The van der Waals surface area contributed by atoms with Crippen LogP contribution in [-0.4, -0.2) is 54.1 Å². The highest BCUT2D eigenvalue weighted by atomic mass is 16.5. The number of aromatic nitrogens is 1. The predicted octanol–water partition coefficient (Wildman–Crippen LogP) is 5.15. The molecule has 7 nitrogen and oxygen atoms in total. The zero-order chi connectivity index (χ0) is 25.9. The molecule has 3 aromatic rings. The molecule has 5 rings (SSSR count). The Kier molecular flexibility index (Phi) is 7.11. The van der Waals surface area contributed by atoms with Crippen LogP contribution in [0.4, 0.5) is 5.69 Å². The van der Waals surface area contributed by atoms with Crippen LogP contribution in [0.1, 0.15) is 43.1 Å². The number of amides is 1. The van der Waals surface area contributed by atoms with Gasteiger partial charge in [-0.2, -0.15) is 5.26 Å². The first kappa shape index (κ1) is 24.8. The molecular weight excluding hydrogens is 462 g/mol. The second-order valence-corrected chi connectivity index (χ2v) is 9.94. The molecule has 1 aromatic heterocycles. The van der Waals surface area contributed by atoms with Gasteiger partial charge in [-0.05, 0) is 55.3 Å². The lowest BCUT2D eigenvalue weighted by atomic mass is 9.83. The molecule has 3 atom stereocenters. The Balaban J connectivity index is 1.39. The number of carbonyl (C=O) groups excluding carboxylic acids is 1. The van der Waals surface area contributed by atoms with E-state index in [1.807, 2.05) is 42.5 Å². The van der Waals surface area contributed by atoms with Crippen LogP contribution in [0, 0.1) is 11.3 Å². The number of rotatable bonds is 8. The first-order valence-corrected chi connectivity index (χ1v) is 13.0. The van der Waals surface area contributed by atoms with E-state index in [-0.39, 0.29) is 11.9 Å². The van der Waals surface area contributed by atoms with E-state index in [4.69, 9.17) is 15.0 Å². The number of nitriles is 1. The second kappa shape index (κ2) is 10.6. The Morgan fingerprint density at radius 3 is 2.81 bits per heavy atom. The van der Waals surface area contributed by atoms with E-state index in [1.54, 1.807) is 13.2 Å². The molecule has 0 bridgehead atoms. The summed E-state index contributed by atoms with van der Waals surface area (Å²) in [6, 6.07) is 19.0. The third kappa shape index (κ3) is 5.03. The Bertz CT molecular complexity index is 1380. The first-order chi connectivity index (χ1) is 18.0. The zero-order valence-corrected chi connectivity index (χ0v) is 21.5. The fraction of sp³-hybridized carbons (Fsp3) is 0.367. The van der Waals surface area contributed by atoms with Gasteiger partial charge in [-0.1, -0.05) is 37.8 Å². The average Bonchev–Trinajstić information content (AvgIpc) is 2.92. The predicted molar refractivity (Wildman–Crippen MR) is 147 cm³/mol. The van der Waals surface area contributed by atoms with Crippen LogP contribution < -0.4 is 15.4 Å². The van der Waals surface area contributed by atoms with E-state index in [1.165, 1.54) is 13.0 Å². The molecule has 2 aliphatic heterocycles. The minimum atomic E-state index is -0.116. The van der Waals surface area contributed by atoms with Crippen molar-refractivity contribution in [1.29, 1.82) is 5.26 Å². The molecular formula is C30H33N5O2. The lowest BCUT2D eigenvalue weighted by Crippen LogP contribution is -2.61. The van der Waals surface area contributed by atoms with Gasteiger partial charge in [-0.25, -0.2) is 4.98 Å². The fourth-order valence-corrected chi connectivity index (χ4v) is 5.63. The van der Waals surface area contributed by atoms with Gasteiger partial charge in [-0.3, -0.25) is 9.69 Å². The summed E-state index contributed by atoms with van der Waals surface area (Å²) in [4.78, 5) is 20.5. The third-order valence-electron chi connectivity index (χ3n) is 7.70. The Morgan fingerprint density at radius 2 is 2.08 bits per heavy atom. The first-order valence-electron chi connectivity index (χ1n) is 13.0. The molecule has 3 heterocycles. The van der Waals surface area contributed by atoms with Crippen molar-refractivity contribution in [1.82, 2.24) is 15.2 Å². The SMILES string of the molecule is C=C(C#N)CNc1c(OC)ccc2ccc(-c3cccc(C(=O)NC4CC(CC)N5CCC5C4)n3)cc12. The number of anilines is 1. The highest BCUT2D eigenvalue weighted by Crippen LogP contribution is 2.36. The van der Waals surface area contributed by atoms with Gasteiger partial charge in [0.2, 0.25) is 0 Å². The summed E-state index contributed by atoms with van der Waals surface area (Å²) in [5.74, 6) is 0.564. The molecule has 0 radical (unpaired) electrons. The number of fused-ring (bicyclic) bond motifs is 2. The molecule has 37 heavy (non-hydrogen) atoms. The standard InChI is InChI=1S/C30H33N5O2/c1-4-23-15-22(16-24-12-13-35(23)24)33-30(36)27-7-5-6-26(34-27)21-9-8-20-10-11-28(37-3)29(25(20)14-21)32-18-19(2)17-31/h5-11,14,22-24,32H,2,4,12-13,15-16,18H2,1,3H3,(H,33,36). The number of ether oxygens (including phenoxy) is 1. The molecule has 2 saturated heterocycles. The van der Waals surface area contributed by atoms with E-state index >= 15 is 0 Å². The Labute approximate surface area is 218 Å². The van der Waals surface area contributed by atoms with E-state index in [2.05, 4.69) is 35.1 Å². The summed E-state index contributed by atoms with van der Waals surface area (Å²) >= 11 is 0. The third-order valence-corrected chi connectivity index (χ3v) is 7.70. The fourth-order valence-electron chi connectivity index (χ4n) is 5.63. The van der Waals surface area contributed by atoms with Gasteiger partial charge >= 0.3 is 0 Å². The number of benzene rings is 2. The van der Waals surface area contributed by atoms with Crippen LogP contribution in [0.15, 0.2) is 60.7 Å². The summed E-state index contributed by atoms with van der Waals surface area (Å²) in [6.45, 7) is 7.51. The van der Waals surface area contributed by atoms with Crippen molar-refractivity contribution in [3.05, 3.63) is 66.4 Å². The van der Waals surface area contributed by atoms with Crippen LogP contribution in [0.2, 0.25) is 0 Å². The number of hydrogen-bond donors (Lipinski definition) is 2. The molecule has 1 amide bonds. The lowest BCUT2D eigenvalue weighted by Gasteiger charge is -2.52. The van der Waals surface area contributed by atoms with Crippen molar-refractivity contribution in [3.63, 3.8) is 0 Å². The van der Waals surface area contributed by atoms with Crippen LogP contribution in [0.25, 0.3) is 22.0 Å². The van der Waals surface area contributed by atoms with E-state index < -0.39 is 0 Å². The molecule has 2 fully saturated rings.